The molecule has 0 spiro atoms. The van der Waals surface area contributed by atoms with E-state index in [2.05, 4.69) is 30.8 Å². The van der Waals surface area contributed by atoms with Crippen molar-refractivity contribution >= 4 is 7.25 Å². The summed E-state index contributed by atoms with van der Waals surface area (Å²) in [5.41, 5.74) is 0. The van der Waals surface area contributed by atoms with Crippen molar-refractivity contribution in [3.8, 4) is 0 Å². The molecule has 82 valence electrons. The van der Waals surface area contributed by atoms with E-state index in [0.717, 1.165) is 13.2 Å². The summed E-state index contributed by atoms with van der Waals surface area (Å²) in [5.74, 6) is 0. The average Bonchev–Trinajstić information content (AvgIpc) is 2.48. The van der Waals surface area contributed by atoms with Crippen molar-refractivity contribution in [2.75, 3.05) is 13.2 Å². The molecule has 7 heteroatoms. The van der Waals surface area contributed by atoms with Gasteiger partial charge in [-0.15, -0.1) is 0 Å². The van der Waals surface area contributed by atoms with Crippen LogP contribution in [0.2, 0.25) is 0 Å². The lowest BCUT2D eigenvalue weighted by atomic mass is 10.3. The summed E-state index contributed by atoms with van der Waals surface area (Å²) < 4.78 is 39.0. The van der Waals surface area contributed by atoms with Crippen molar-refractivity contribution in [2.45, 2.75) is 6.92 Å². The SMILES string of the molecule is C=CN1C=C[NH+](CC)C1.F[B-](F)(F)F. The van der Waals surface area contributed by atoms with E-state index in [1.165, 1.54) is 4.90 Å². The zero-order valence-corrected chi connectivity index (χ0v) is 7.89. The largest absolute Gasteiger partial charge is 0.673 e. The highest BCUT2D eigenvalue weighted by atomic mass is 19.5. The third-order valence-electron chi connectivity index (χ3n) is 1.58. The molecule has 0 fully saturated rings. The van der Waals surface area contributed by atoms with Crippen LogP contribution in [0.4, 0.5) is 17.3 Å². The van der Waals surface area contributed by atoms with Gasteiger partial charge in [-0.1, -0.05) is 6.58 Å². The second-order valence-electron chi connectivity index (χ2n) is 2.68. The Kier molecular flexibility index (Phi) is 5.30. The highest BCUT2D eigenvalue weighted by Crippen LogP contribution is 2.06. The monoisotopic (exact) mass is 212 g/mol. The third kappa shape index (κ3) is 7.66. The van der Waals surface area contributed by atoms with Crippen LogP contribution in [0.25, 0.3) is 0 Å². The fourth-order valence-corrected chi connectivity index (χ4v) is 0.896. The van der Waals surface area contributed by atoms with E-state index in [4.69, 9.17) is 0 Å². The lowest BCUT2D eigenvalue weighted by Crippen LogP contribution is -3.06. The molecule has 0 radical (unpaired) electrons. The van der Waals surface area contributed by atoms with Crippen LogP contribution < -0.4 is 4.90 Å². The van der Waals surface area contributed by atoms with Crippen LogP contribution in [0, 0.1) is 0 Å². The molecular weight excluding hydrogens is 199 g/mol. The Morgan fingerprint density at radius 2 is 2.00 bits per heavy atom. The summed E-state index contributed by atoms with van der Waals surface area (Å²) in [6.45, 7) is 8.04. The first kappa shape index (κ1) is 13.0. The van der Waals surface area contributed by atoms with Gasteiger partial charge in [-0.25, -0.2) is 0 Å². The average molecular weight is 212 g/mol. The van der Waals surface area contributed by atoms with Crippen molar-refractivity contribution in [2.24, 2.45) is 0 Å². The standard InChI is InChI=1S/C7H12N2.BF4/c1-3-8-5-6-9(4-2)7-8;2-1(3,4)5/h3,5-6H,1,4,7H2,2H3;/q;-1/p+1. The Morgan fingerprint density at radius 3 is 2.21 bits per heavy atom. The van der Waals surface area contributed by atoms with E-state index in [1.54, 1.807) is 0 Å². The normalized spacial score (nSPS) is 20.4. The van der Waals surface area contributed by atoms with Gasteiger partial charge in [0.25, 0.3) is 0 Å². The molecule has 1 rings (SSSR count). The van der Waals surface area contributed by atoms with Gasteiger partial charge in [0.05, 0.1) is 12.7 Å². The van der Waals surface area contributed by atoms with Gasteiger partial charge in [-0.3, -0.25) is 4.90 Å². The Morgan fingerprint density at radius 1 is 1.50 bits per heavy atom. The molecule has 0 aromatic rings. The van der Waals surface area contributed by atoms with Crippen LogP contribution in [0.5, 0.6) is 0 Å². The van der Waals surface area contributed by atoms with Crippen LogP contribution in [-0.4, -0.2) is 25.4 Å². The highest BCUT2D eigenvalue weighted by Gasteiger charge is 2.20. The van der Waals surface area contributed by atoms with Crippen LogP contribution in [0.15, 0.2) is 25.2 Å². The van der Waals surface area contributed by atoms with Crippen LogP contribution in [0.3, 0.4) is 0 Å². The van der Waals surface area contributed by atoms with Gasteiger partial charge in [-0.2, -0.15) is 0 Å². The number of rotatable bonds is 2. The first-order valence-electron chi connectivity index (χ1n) is 4.15. The minimum atomic E-state index is -6.00. The number of hydrogen-bond acceptors (Lipinski definition) is 1. The summed E-state index contributed by atoms with van der Waals surface area (Å²) in [7, 11) is -6.00. The number of nitrogens with one attached hydrogen (secondary N) is 1. The number of halogens is 4. The minimum absolute atomic E-state index is 1.04. The molecule has 2 nitrogen and oxygen atoms in total. The summed E-state index contributed by atoms with van der Waals surface area (Å²) in [4.78, 5) is 3.56. The van der Waals surface area contributed by atoms with E-state index >= 15 is 0 Å². The molecule has 0 aromatic carbocycles. The fraction of sp³-hybridized carbons (Fsp3) is 0.429. The van der Waals surface area contributed by atoms with Gasteiger partial charge in [0.15, 0.2) is 6.67 Å². The molecule has 0 aromatic heterocycles. The van der Waals surface area contributed by atoms with Gasteiger partial charge >= 0.3 is 7.25 Å². The molecule has 1 unspecified atom stereocenters. The predicted molar refractivity (Wildman–Crippen MR) is 47.7 cm³/mol. The predicted octanol–water partition coefficient (Wildman–Crippen LogP) is 1.08. The summed E-state index contributed by atoms with van der Waals surface area (Å²) in [5, 5.41) is 0. The maximum Gasteiger partial charge on any atom is 0.673 e. The molecule has 0 aliphatic carbocycles. The first-order valence-corrected chi connectivity index (χ1v) is 4.15. The Hall–Kier alpha value is -0.975. The lowest BCUT2D eigenvalue weighted by Gasteiger charge is -2.09. The van der Waals surface area contributed by atoms with Crippen molar-refractivity contribution in [3.63, 3.8) is 0 Å². The van der Waals surface area contributed by atoms with Gasteiger partial charge in [0.1, 0.15) is 6.20 Å². The van der Waals surface area contributed by atoms with Gasteiger partial charge in [-0.05, 0) is 6.92 Å². The number of nitrogens with zero attached hydrogens (tertiary/aromatic N) is 1. The second-order valence-corrected chi connectivity index (χ2v) is 2.68. The van der Waals surface area contributed by atoms with E-state index in [9.17, 15) is 17.3 Å². The van der Waals surface area contributed by atoms with Gasteiger partial charge in [0, 0.05) is 6.20 Å². The minimum Gasteiger partial charge on any atom is -0.418 e. The topological polar surface area (TPSA) is 7.68 Å². The maximum atomic E-state index is 9.75. The second kappa shape index (κ2) is 5.69. The molecule has 1 heterocycles. The third-order valence-corrected chi connectivity index (χ3v) is 1.58. The molecule has 1 aliphatic rings. The van der Waals surface area contributed by atoms with Crippen molar-refractivity contribution in [1.82, 2.24) is 4.90 Å². The smallest absolute Gasteiger partial charge is 0.418 e. The fourth-order valence-electron chi connectivity index (χ4n) is 0.896. The summed E-state index contributed by atoms with van der Waals surface area (Å²) >= 11 is 0. The zero-order chi connectivity index (χ0) is 11.2. The molecule has 0 saturated heterocycles. The van der Waals surface area contributed by atoms with E-state index < -0.39 is 7.25 Å². The Bertz CT molecular complexity index is 198. The van der Waals surface area contributed by atoms with Crippen molar-refractivity contribution < 1.29 is 22.2 Å². The van der Waals surface area contributed by atoms with E-state index in [1.807, 2.05) is 6.20 Å². The molecule has 0 saturated carbocycles. The molecular formula is C7H13BF4N2. The summed E-state index contributed by atoms with van der Waals surface area (Å²) in [6.07, 6.45) is 6.06. The molecule has 0 bridgehead atoms. The molecule has 1 atom stereocenters. The van der Waals surface area contributed by atoms with Crippen molar-refractivity contribution in [1.29, 1.82) is 0 Å². The van der Waals surface area contributed by atoms with E-state index in [0.29, 0.717) is 0 Å². The zero-order valence-electron chi connectivity index (χ0n) is 7.89. The van der Waals surface area contributed by atoms with Gasteiger partial charge < -0.3 is 22.2 Å². The maximum absolute atomic E-state index is 9.75. The Labute approximate surface area is 80.6 Å². The van der Waals surface area contributed by atoms with E-state index in [-0.39, 0.29) is 0 Å². The Balaban J connectivity index is 0.000000292. The molecule has 1 aliphatic heterocycles. The molecule has 0 amide bonds. The quantitative estimate of drug-likeness (QED) is 0.531. The van der Waals surface area contributed by atoms with Gasteiger partial charge in [0.2, 0.25) is 0 Å². The number of quaternary nitrogens is 1. The summed E-state index contributed by atoms with van der Waals surface area (Å²) in [6, 6.07) is 0. The highest BCUT2D eigenvalue weighted by molar-refractivity contribution is 6.50. The van der Waals surface area contributed by atoms with Crippen LogP contribution >= 0.6 is 0 Å². The first-order chi connectivity index (χ1) is 6.36. The van der Waals surface area contributed by atoms with Crippen molar-refractivity contribution in [3.05, 3.63) is 25.2 Å². The van der Waals surface area contributed by atoms with Crippen LogP contribution in [0.1, 0.15) is 6.92 Å². The lowest BCUT2D eigenvalue weighted by molar-refractivity contribution is -0.846. The molecule has 14 heavy (non-hydrogen) atoms. The molecule has 1 N–H and O–H groups in total. The van der Waals surface area contributed by atoms with Crippen LogP contribution in [-0.2, 0) is 0 Å². The number of hydrogen-bond donors (Lipinski definition) is 1.